The Hall–Kier alpha value is 0.335. The molecule has 0 fully saturated rings. The predicted molar refractivity (Wildman–Crippen MR) is 30.1 cm³/mol. The quantitative estimate of drug-likeness (QED) is 0.235. The van der Waals surface area contributed by atoms with Crippen LogP contribution in [-0.4, -0.2) is 24.1 Å². The number of hydrogen-bond acceptors (Lipinski definition) is 4. The summed E-state index contributed by atoms with van der Waals surface area (Å²) in [5.41, 5.74) is 0. The molecule has 47 valence electrons. The topological polar surface area (TPSA) is 58.9 Å². The van der Waals surface area contributed by atoms with E-state index in [0.29, 0.717) is 7.69 Å². The summed E-state index contributed by atoms with van der Waals surface area (Å²) in [5, 5.41) is 16.3. The van der Waals surface area contributed by atoms with Crippen molar-refractivity contribution in [2.24, 2.45) is 0 Å². The Kier molecular flexibility index (Phi) is 5.70. The van der Waals surface area contributed by atoms with Crippen molar-refractivity contribution < 1.29 is 19.1 Å². The van der Waals surface area contributed by atoms with Gasteiger partial charge in [0.05, 0.1) is 0 Å². The molecule has 0 aliphatic rings. The third-order valence-corrected chi connectivity index (χ3v) is 0.958. The minimum absolute atomic E-state index is 0.343. The molecule has 0 aromatic heterocycles. The SMILES string of the molecule is CC(O)OPO[B]O. The van der Waals surface area contributed by atoms with Crippen molar-refractivity contribution in [3.05, 3.63) is 0 Å². The molecule has 4 nitrogen and oxygen atoms in total. The summed E-state index contributed by atoms with van der Waals surface area (Å²) in [6.07, 6.45) is -0.840. The fourth-order valence-corrected chi connectivity index (χ4v) is 0.357. The number of hydrogen-bond donors (Lipinski definition) is 2. The molecule has 8 heavy (non-hydrogen) atoms. The van der Waals surface area contributed by atoms with Crippen molar-refractivity contribution in [1.29, 1.82) is 0 Å². The van der Waals surface area contributed by atoms with Crippen LogP contribution in [0, 0.1) is 0 Å². The lowest BCUT2D eigenvalue weighted by Gasteiger charge is -2.02. The van der Waals surface area contributed by atoms with Crippen LogP contribution in [0.4, 0.5) is 0 Å². The van der Waals surface area contributed by atoms with Gasteiger partial charge in [-0.25, -0.2) is 0 Å². The second-order valence-corrected chi connectivity index (χ2v) is 1.66. The molecule has 0 aromatic carbocycles. The van der Waals surface area contributed by atoms with Crippen molar-refractivity contribution in [3.8, 4) is 0 Å². The van der Waals surface area contributed by atoms with E-state index in [9.17, 15) is 0 Å². The highest BCUT2D eigenvalue weighted by molar-refractivity contribution is 7.27. The zero-order valence-corrected chi connectivity index (χ0v) is 5.37. The average molecular weight is 137 g/mol. The van der Waals surface area contributed by atoms with Gasteiger partial charge in [0.2, 0.25) is 0 Å². The molecule has 0 aromatic rings. The van der Waals surface area contributed by atoms with Gasteiger partial charge >= 0.3 is 7.69 Å². The van der Waals surface area contributed by atoms with Gasteiger partial charge in [-0.1, -0.05) is 0 Å². The first-order chi connectivity index (χ1) is 3.77. The lowest BCUT2D eigenvalue weighted by atomic mass is 10.5. The second-order valence-electron chi connectivity index (χ2n) is 1.02. The molecule has 0 spiro atoms. The first-order valence-corrected chi connectivity index (χ1v) is 2.79. The molecule has 0 aliphatic carbocycles. The maximum absolute atomic E-state index is 8.39. The van der Waals surface area contributed by atoms with E-state index in [0.717, 1.165) is 0 Å². The summed E-state index contributed by atoms with van der Waals surface area (Å²) in [5.74, 6) is 0. The van der Waals surface area contributed by atoms with Crippen molar-refractivity contribution in [2.45, 2.75) is 13.2 Å². The van der Waals surface area contributed by atoms with E-state index in [1.54, 1.807) is 0 Å². The van der Waals surface area contributed by atoms with E-state index in [4.69, 9.17) is 10.1 Å². The Balaban J connectivity index is 2.72. The molecule has 0 rings (SSSR count). The van der Waals surface area contributed by atoms with Crippen LogP contribution in [0.25, 0.3) is 0 Å². The molecule has 2 N–H and O–H groups in total. The summed E-state index contributed by atoms with van der Waals surface area (Å²) in [7, 11) is 0.172. The monoisotopic (exact) mass is 137 g/mol. The van der Waals surface area contributed by atoms with Crippen LogP contribution < -0.4 is 0 Å². The van der Waals surface area contributed by atoms with Crippen LogP contribution in [0.1, 0.15) is 6.92 Å². The molecule has 0 aliphatic heterocycles. The van der Waals surface area contributed by atoms with Crippen LogP contribution in [0.2, 0.25) is 0 Å². The molecular weight excluding hydrogens is 130 g/mol. The predicted octanol–water partition coefficient (Wildman–Crippen LogP) is -0.607. The van der Waals surface area contributed by atoms with Crippen LogP contribution in [0.15, 0.2) is 0 Å². The summed E-state index contributed by atoms with van der Waals surface area (Å²) in [6.45, 7) is 1.45. The summed E-state index contributed by atoms with van der Waals surface area (Å²) in [4.78, 5) is 0. The number of rotatable bonds is 4. The van der Waals surface area contributed by atoms with Crippen LogP contribution in [-0.2, 0) is 8.96 Å². The Labute approximate surface area is 50.1 Å². The largest absolute Gasteiger partial charge is 0.490 e. The van der Waals surface area contributed by atoms with E-state index in [1.807, 2.05) is 0 Å². The van der Waals surface area contributed by atoms with Crippen molar-refractivity contribution in [2.75, 3.05) is 0 Å². The minimum Gasteiger partial charge on any atom is -0.429 e. The smallest absolute Gasteiger partial charge is 0.429 e. The standard InChI is InChI=1S/C2H7BO4P/c1-2(4)6-8-7-3-5/h2,4-5,8H,1H3. The second kappa shape index (κ2) is 5.47. The van der Waals surface area contributed by atoms with E-state index >= 15 is 0 Å². The van der Waals surface area contributed by atoms with Crippen molar-refractivity contribution in [3.63, 3.8) is 0 Å². The van der Waals surface area contributed by atoms with Gasteiger partial charge in [-0.2, -0.15) is 0 Å². The van der Waals surface area contributed by atoms with Crippen molar-refractivity contribution in [1.82, 2.24) is 0 Å². The Morgan fingerprint density at radius 1 is 1.75 bits per heavy atom. The van der Waals surface area contributed by atoms with Gasteiger partial charge in [-0.15, -0.1) is 0 Å². The van der Waals surface area contributed by atoms with Gasteiger partial charge < -0.3 is 19.1 Å². The third kappa shape index (κ3) is 6.33. The molecule has 0 heterocycles. The molecule has 0 amide bonds. The number of aliphatic hydroxyl groups is 1. The zero-order valence-electron chi connectivity index (χ0n) is 4.37. The summed E-state index contributed by atoms with van der Waals surface area (Å²) >= 11 is 0. The van der Waals surface area contributed by atoms with Gasteiger partial charge in [-0.3, -0.25) is 0 Å². The first kappa shape index (κ1) is 8.33. The van der Waals surface area contributed by atoms with Crippen LogP contribution in [0.5, 0.6) is 0 Å². The highest BCUT2D eigenvalue weighted by Crippen LogP contribution is 2.12. The average Bonchev–Trinajstić information content (AvgIpc) is 1.66. The molecule has 0 saturated carbocycles. The van der Waals surface area contributed by atoms with Gasteiger partial charge in [0, 0.05) is 0 Å². The first-order valence-electron chi connectivity index (χ1n) is 1.97. The van der Waals surface area contributed by atoms with Crippen LogP contribution in [0.3, 0.4) is 0 Å². The molecule has 2 atom stereocenters. The fourth-order valence-electron chi connectivity index (χ4n) is 0.119. The lowest BCUT2D eigenvalue weighted by Crippen LogP contribution is -1.99. The Morgan fingerprint density at radius 2 is 2.38 bits per heavy atom. The third-order valence-electron chi connectivity index (χ3n) is 0.319. The van der Waals surface area contributed by atoms with Crippen LogP contribution >= 0.6 is 9.03 Å². The highest BCUT2D eigenvalue weighted by Gasteiger charge is 1.93. The van der Waals surface area contributed by atoms with E-state index in [2.05, 4.69) is 8.96 Å². The maximum atomic E-state index is 8.39. The highest BCUT2D eigenvalue weighted by atomic mass is 31.1. The summed E-state index contributed by atoms with van der Waals surface area (Å²) < 4.78 is 8.67. The van der Waals surface area contributed by atoms with Gasteiger partial charge in [0.25, 0.3) is 0 Å². The Morgan fingerprint density at radius 3 is 2.75 bits per heavy atom. The van der Waals surface area contributed by atoms with E-state index < -0.39 is 6.29 Å². The fraction of sp³-hybridized carbons (Fsp3) is 1.00. The molecular formula is C2H7BO4P. The molecule has 6 heteroatoms. The summed E-state index contributed by atoms with van der Waals surface area (Å²) in [6, 6.07) is 0. The van der Waals surface area contributed by atoms with E-state index in [1.165, 1.54) is 6.92 Å². The molecule has 2 unspecified atom stereocenters. The van der Waals surface area contributed by atoms with Crippen molar-refractivity contribution >= 4 is 16.7 Å². The van der Waals surface area contributed by atoms with Gasteiger partial charge in [0.15, 0.2) is 6.29 Å². The van der Waals surface area contributed by atoms with Gasteiger partial charge in [0.1, 0.15) is 9.03 Å². The Bertz CT molecular complexity index is 51.3. The minimum atomic E-state index is -0.840. The van der Waals surface area contributed by atoms with Gasteiger partial charge in [-0.05, 0) is 6.92 Å². The van der Waals surface area contributed by atoms with E-state index in [-0.39, 0.29) is 9.03 Å². The molecule has 1 radical (unpaired) electrons. The maximum Gasteiger partial charge on any atom is 0.490 e. The lowest BCUT2D eigenvalue weighted by molar-refractivity contribution is 0.00649. The number of aliphatic hydroxyl groups excluding tert-OH is 1. The normalized spacial score (nSPS) is 14.9. The molecule has 0 saturated heterocycles. The molecule has 0 bridgehead atoms. The zero-order chi connectivity index (χ0) is 6.41.